The van der Waals surface area contributed by atoms with Crippen molar-refractivity contribution in [2.45, 2.75) is 19.1 Å². The van der Waals surface area contributed by atoms with Gasteiger partial charge in [-0.2, -0.15) is 0 Å². The second-order valence-corrected chi connectivity index (χ2v) is 5.65. The highest BCUT2D eigenvalue weighted by molar-refractivity contribution is 6.29. The molecule has 0 bridgehead atoms. The van der Waals surface area contributed by atoms with Crippen molar-refractivity contribution >= 4 is 11.6 Å². The van der Waals surface area contributed by atoms with Crippen LogP contribution in [0.3, 0.4) is 0 Å². The van der Waals surface area contributed by atoms with Gasteiger partial charge in [0, 0.05) is 6.20 Å². The summed E-state index contributed by atoms with van der Waals surface area (Å²) in [5.41, 5.74) is 2.19. The largest absolute Gasteiger partial charge is 0.382 e. The van der Waals surface area contributed by atoms with Crippen LogP contribution in [0.4, 0.5) is 4.39 Å². The van der Waals surface area contributed by atoms with Crippen LogP contribution in [0.5, 0.6) is 0 Å². The average molecular weight is 332 g/mol. The summed E-state index contributed by atoms with van der Waals surface area (Å²) in [6.07, 6.45) is 3.93. The first-order chi connectivity index (χ1) is 11.1. The Morgan fingerprint density at radius 2 is 1.91 bits per heavy atom. The van der Waals surface area contributed by atoms with Gasteiger partial charge in [0.15, 0.2) is 0 Å². The molecule has 0 radical (unpaired) electrons. The van der Waals surface area contributed by atoms with E-state index in [0.717, 1.165) is 5.56 Å². The fourth-order valence-electron chi connectivity index (χ4n) is 2.51. The Labute approximate surface area is 138 Å². The lowest BCUT2D eigenvalue weighted by molar-refractivity contribution is 0.208. The smallest absolute Gasteiger partial charge is 0.129 e. The molecular formula is C17H15ClFN3O. The molecule has 0 amide bonds. The van der Waals surface area contributed by atoms with Gasteiger partial charge in [-0.25, -0.2) is 14.4 Å². The minimum Gasteiger partial charge on any atom is -0.382 e. The van der Waals surface area contributed by atoms with Crippen LogP contribution < -0.4 is 0 Å². The van der Waals surface area contributed by atoms with E-state index in [4.69, 9.17) is 11.6 Å². The molecule has 1 unspecified atom stereocenters. The van der Waals surface area contributed by atoms with E-state index in [1.165, 1.54) is 12.1 Å². The zero-order chi connectivity index (χ0) is 16.4. The van der Waals surface area contributed by atoms with Crippen molar-refractivity contribution in [1.29, 1.82) is 0 Å². The number of hydrogen-bond acceptors (Lipinski definition) is 3. The van der Waals surface area contributed by atoms with Gasteiger partial charge in [-0.05, 0) is 42.3 Å². The molecule has 0 aliphatic rings. The van der Waals surface area contributed by atoms with Crippen molar-refractivity contribution in [3.05, 3.63) is 82.9 Å². The summed E-state index contributed by atoms with van der Waals surface area (Å²) in [6.45, 7) is 1.96. The molecule has 0 spiro atoms. The zero-order valence-electron chi connectivity index (χ0n) is 12.4. The summed E-state index contributed by atoms with van der Waals surface area (Å²) in [5, 5.41) is 10.9. The molecule has 2 heterocycles. The highest BCUT2D eigenvalue weighted by atomic mass is 35.5. The molecule has 1 aromatic carbocycles. The second-order valence-electron chi connectivity index (χ2n) is 5.27. The third-order valence-corrected chi connectivity index (χ3v) is 4.02. The summed E-state index contributed by atoms with van der Waals surface area (Å²) < 4.78 is 14.9. The molecule has 4 nitrogen and oxygen atoms in total. The van der Waals surface area contributed by atoms with Crippen molar-refractivity contribution in [3.8, 4) is 0 Å². The molecular weight excluding hydrogens is 317 g/mol. The zero-order valence-corrected chi connectivity index (χ0v) is 13.2. The Morgan fingerprint density at radius 3 is 2.61 bits per heavy atom. The molecule has 23 heavy (non-hydrogen) atoms. The van der Waals surface area contributed by atoms with E-state index in [9.17, 15) is 9.50 Å². The van der Waals surface area contributed by atoms with E-state index in [2.05, 4.69) is 9.97 Å². The van der Waals surface area contributed by atoms with Crippen LogP contribution in [-0.4, -0.2) is 19.6 Å². The van der Waals surface area contributed by atoms with Gasteiger partial charge in [0.25, 0.3) is 0 Å². The fraction of sp³-hybridized carbons (Fsp3) is 0.176. The Bertz CT molecular complexity index is 804. The maximum absolute atomic E-state index is 13.1. The van der Waals surface area contributed by atoms with E-state index in [1.807, 2.05) is 11.5 Å². The highest BCUT2D eigenvalue weighted by Crippen LogP contribution is 2.27. The monoisotopic (exact) mass is 331 g/mol. The number of aliphatic hydroxyl groups excluding tert-OH is 1. The van der Waals surface area contributed by atoms with E-state index in [-0.39, 0.29) is 11.9 Å². The first kappa shape index (κ1) is 15.6. The summed E-state index contributed by atoms with van der Waals surface area (Å²) >= 11 is 5.88. The quantitative estimate of drug-likeness (QED) is 0.740. The third kappa shape index (κ3) is 3.25. The summed E-state index contributed by atoms with van der Waals surface area (Å²) in [6, 6.07) is 9.50. The van der Waals surface area contributed by atoms with Crippen molar-refractivity contribution in [2.24, 2.45) is 0 Å². The molecule has 2 aromatic heterocycles. The van der Waals surface area contributed by atoms with E-state index in [1.54, 1.807) is 43.0 Å². The lowest BCUT2D eigenvalue weighted by atomic mass is 10.1. The SMILES string of the molecule is C[C@H](c1ccc(F)cc1)n1cncc1C(O)c1ccnc(Cl)c1. The second kappa shape index (κ2) is 6.48. The van der Waals surface area contributed by atoms with Crippen LogP contribution in [0, 0.1) is 5.82 Å². The number of halogens is 2. The molecule has 0 saturated heterocycles. The van der Waals surface area contributed by atoms with Crippen molar-refractivity contribution in [3.63, 3.8) is 0 Å². The summed E-state index contributed by atoms with van der Waals surface area (Å²) in [7, 11) is 0. The lowest BCUT2D eigenvalue weighted by Crippen LogP contribution is -2.13. The number of imidazole rings is 1. The standard InChI is InChI=1S/C17H15ClFN3O/c1-11(12-2-4-14(19)5-3-12)22-10-20-9-15(22)17(23)13-6-7-21-16(18)8-13/h2-11,17,23H,1H3/t11-,17?/m1/s1. The van der Waals surface area contributed by atoms with Gasteiger partial charge in [-0.15, -0.1) is 0 Å². The van der Waals surface area contributed by atoms with Gasteiger partial charge in [-0.1, -0.05) is 23.7 Å². The van der Waals surface area contributed by atoms with Gasteiger partial charge < -0.3 is 9.67 Å². The summed E-state index contributed by atoms with van der Waals surface area (Å²) in [4.78, 5) is 8.05. The topological polar surface area (TPSA) is 50.9 Å². The number of benzene rings is 1. The Balaban J connectivity index is 1.94. The van der Waals surface area contributed by atoms with E-state index in [0.29, 0.717) is 16.4 Å². The molecule has 2 atom stereocenters. The minimum absolute atomic E-state index is 0.0972. The molecule has 6 heteroatoms. The maximum atomic E-state index is 13.1. The van der Waals surface area contributed by atoms with Crippen molar-refractivity contribution in [2.75, 3.05) is 0 Å². The normalized spacial score (nSPS) is 13.7. The number of pyridine rings is 1. The average Bonchev–Trinajstić information content (AvgIpc) is 3.03. The third-order valence-electron chi connectivity index (χ3n) is 3.81. The molecule has 1 N–H and O–H groups in total. The minimum atomic E-state index is -0.874. The van der Waals surface area contributed by atoms with Gasteiger partial charge >= 0.3 is 0 Å². The Morgan fingerprint density at radius 1 is 1.17 bits per heavy atom. The number of rotatable bonds is 4. The van der Waals surface area contributed by atoms with Crippen LogP contribution in [0.25, 0.3) is 0 Å². The van der Waals surface area contributed by atoms with Crippen LogP contribution >= 0.6 is 11.6 Å². The molecule has 0 saturated carbocycles. The molecule has 3 rings (SSSR count). The van der Waals surface area contributed by atoms with Gasteiger partial charge in [0.2, 0.25) is 0 Å². The van der Waals surface area contributed by atoms with E-state index < -0.39 is 6.10 Å². The first-order valence-corrected chi connectivity index (χ1v) is 7.51. The van der Waals surface area contributed by atoms with E-state index >= 15 is 0 Å². The summed E-state index contributed by atoms with van der Waals surface area (Å²) in [5.74, 6) is -0.279. The molecule has 3 aromatic rings. The molecule has 0 fully saturated rings. The highest BCUT2D eigenvalue weighted by Gasteiger charge is 2.19. The fourth-order valence-corrected chi connectivity index (χ4v) is 2.69. The number of nitrogens with zero attached hydrogens (tertiary/aromatic N) is 3. The maximum Gasteiger partial charge on any atom is 0.129 e. The van der Waals surface area contributed by atoms with Crippen LogP contribution in [0.15, 0.2) is 55.1 Å². The van der Waals surface area contributed by atoms with Gasteiger partial charge in [0.05, 0.1) is 24.3 Å². The lowest BCUT2D eigenvalue weighted by Gasteiger charge is -2.20. The van der Waals surface area contributed by atoms with Crippen LogP contribution in [0.1, 0.15) is 35.9 Å². The first-order valence-electron chi connectivity index (χ1n) is 7.13. The van der Waals surface area contributed by atoms with Crippen LogP contribution in [0.2, 0.25) is 5.15 Å². The molecule has 118 valence electrons. The number of aromatic nitrogens is 3. The Kier molecular flexibility index (Phi) is 4.41. The van der Waals surface area contributed by atoms with Gasteiger partial charge in [0.1, 0.15) is 17.1 Å². The van der Waals surface area contributed by atoms with Crippen LogP contribution in [-0.2, 0) is 0 Å². The Hall–Kier alpha value is -2.24. The van der Waals surface area contributed by atoms with Gasteiger partial charge in [-0.3, -0.25) is 0 Å². The molecule has 0 aliphatic carbocycles. The number of aliphatic hydroxyl groups is 1. The number of hydrogen-bond donors (Lipinski definition) is 1. The predicted molar refractivity (Wildman–Crippen MR) is 85.7 cm³/mol. The van der Waals surface area contributed by atoms with Crippen molar-refractivity contribution in [1.82, 2.24) is 14.5 Å². The molecule has 0 aliphatic heterocycles. The van der Waals surface area contributed by atoms with Crippen molar-refractivity contribution < 1.29 is 9.50 Å². The predicted octanol–water partition coefficient (Wildman–Crippen LogP) is 3.76.